The number of piperazine rings is 1. The van der Waals surface area contributed by atoms with E-state index in [-0.39, 0.29) is 5.91 Å². The number of hydrogen-bond acceptors (Lipinski definition) is 8. The highest BCUT2D eigenvalue weighted by Gasteiger charge is 2.25. The van der Waals surface area contributed by atoms with Gasteiger partial charge in [0.25, 0.3) is 5.91 Å². The quantitative estimate of drug-likeness (QED) is 0.461. The molecule has 0 N–H and O–H groups in total. The van der Waals surface area contributed by atoms with Crippen LogP contribution in [0.5, 0.6) is 11.5 Å². The molecular formula is C23H23N7O3. The van der Waals surface area contributed by atoms with Gasteiger partial charge in [0.2, 0.25) is 0 Å². The molecule has 1 aliphatic heterocycles. The van der Waals surface area contributed by atoms with Crippen LogP contribution in [0.3, 0.4) is 0 Å². The van der Waals surface area contributed by atoms with Crippen LogP contribution >= 0.6 is 0 Å². The molecule has 0 aliphatic carbocycles. The lowest BCUT2D eigenvalue weighted by Crippen LogP contribution is -2.49. The number of fused-ring (bicyclic) bond motifs is 1. The van der Waals surface area contributed by atoms with Crippen molar-refractivity contribution in [3.8, 4) is 17.2 Å². The number of anilines is 1. The third kappa shape index (κ3) is 3.91. The zero-order chi connectivity index (χ0) is 22.8. The van der Waals surface area contributed by atoms with Crippen LogP contribution in [0.15, 0.2) is 54.9 Å². The van der Waals surface area contributed by atoms with Crippen LogP contribution in [0, 0.1) is 0 Å². The Hall–Kier alpha value is -4.21. The van der Waals surface area contributed by atoms with Crippen LogP contribution in [0.25, 0.3) is 16.9 Å². The summed E-state index contributed by atoms with van der Waals surface area (Å²) in [5, 5.41) is 8.66. The average Bonchev–Trinajstić information content (AvgIpc) is 3.33. The van der Waals surface area contributed by atoms with E-state index in [0.29, 0.717) is 48.7 Å². The topological polar surface area (TPSA) is 98.5 Å². The standard InChI is InChI=1S/C23H23N7O3/c1-32-18-8-6-16(7-9-18)23(31)29-12-10-28(11-13-29)21-20-22(25-15-24-21)30(27-26-20)17-4-3-5-19(14-17)33-2/h3-9,14-15H,10-13H2,1-2H3. The molecule has 10 heteroatoms. The predicted molar refractivity (Wildman–Crippen MR) is 122 cm³/mol. The minimum absolute atomic E-state index is 0.00843. The van der Waals surface area contributed by atoms with Crippen molar-refractivity contribution in [3.63, 3.8) is 0 Å². The molecular weight excluding hydrogens is 422 g/mol. The molecule has 2 aromatic carbocycles. The zero-order valence-electron chi connectivity index (χ0n) is 18.4. The van der Waals surface area contributed by atoms with E-state index < -0.39 is 0 Å². The Morgan fingerprint density at radius 1 is 0.909 bits per heavy atom. The number of rotatable bonds is 5. The summed E-state index contributed by atoms with van der Waals surface area (Å²) in [6, 6.07) is 14.7. The third-order valence-corrected chi connectivity index (χ3v) is 5.72. The van der Waals surface area contributed by atoms with Crippen LogP contribution in [-0.4, -0.2) is 76.2 Å². The fourth-order valence-corrected chi connectivity index (χ4v) is 3.92. The van der Waals surface area contributed by atoms with Crippen molar-refractivity contribution in [1.82, 2.24) is 29.9 Å². The fraction of sp³-hybridized carbons (Fsp3) is 0.261. The molecule has 33 heavy (non-hydrogen) atoms. The van der Waals surface area contributed by atoms with Gasteiger partial charge in [0, 0.05) is 37.8 Å². The first-order chi connectivity index (χ1) is 16.2. The van der Waals surface area contributed by atoms with Crippen molar-refractivity contribution in [2.75, 3.05) is 45.3 Å². The lowest BCUT2D eigenvalue weighted by Gasteiger charge is -2.35. The van der Waals surface area contributed by atoms with Gasteiger partial charge in [0.15, 0.2) is 17.0 Å². The SMILES string of the molecule is COc1ccc(C(=O)N2CCN(c3ncnc4c3nnn4-c3cccc(OC)c3)CC2)cc1. The summed E-state index contributed by atoms with van der Waals surface area (Å²) >= 11 is 0. The molecule has 1 aliphatic rings. The van der Waals surface area contributed by atoms with Crippen LogP contribution in [0.1, 0.15) is 10.4 Å². The predicted octanol–water partition coefficient (Wildman–Crippen LogP) is 2.19. The largest absolute Gasteiger partial charge is 0.497 e. The van der Waals surface area contributed by atoms with Gasteiger partial charge in [-0.25, -0.2) is 9.97 Å². The second kappa shape index (κ2) is 8.73. The van der Waals surface area contributed by atoms with Crippen molar-refractivity contribution in [2.24, 2.45) is 0 Å². The molecule has 0 atom stereocenters. The van der Waals surface area contributed by atoms with Gasteiger partial charge in [-0.15, -0.1) is 5.10 Å². The van der Waals surface area contributed by atoms with Gasteiger partial charge >= 0.3 is 0 Å². The van der Waals surface area contributed by atoms with E-state index in [9.17, 15) is 4.79 Å². The Balaban J connectivity index is 1.34. The minimum atomic E-state index is 0.00843. The Labute approximate surface area is 190 Å². The maximum absolute atomic E-state index is 12.9. The minimum Gasteiger partial charge on any atom is -0.497 e. The van der Waals surface area contributed by atoms with Crippen LogP contribution < -0.4 is 14.4 Å². The first-order valence-corrected chi connectivity index (χ1v) is 10.6. The number of carbonyl (C=O) groups excluding carboxylic acids is 1. The molecule has 5 rings (SSSR count). The maximum atomic E-state index is 12.9. The highest BCUT2D eigenvalue weighted by atomic mass is 16.5. The molecule has 2 aromatic heterocycles. The normalized spacial score (nSPS) is 13.9. The van der Waals surface area contributed by atoms with Crippen LogP contribution in [-0.2, 0) is 0 Å². The number of ether oxygens (including phenoxy) is 2. The van der Waals surface area contributed by atoms with E-state index in [1.54, 1.807) is 43.2 Å². The smallest absolute Gasteiger partial charge is 0.253 e. The van der Waals surface area contributed by atoms with Crippen LogP contribution in [0.2, 0.25) is 0 Å². The van der Waals surface area contributed by atoms with E-state index in [0.717, 1.165) is 17.2 Å². The van der Waals surface area contributed by atoms with E-state index in [4.69, 9.17) is 9.47 Å². The van der Waals surface area contributed by atoms with Crippen LogP contribution in [0.4, 0.5) is 5.82 Å². The number of amides is 1. The summed E-state index contributed by atoms with van der Waals surface area (Å²) in [5.41, 5.74) is 2.69. The van der Waals surface area contributed by atoms with Gasteiger partial charge in [-0.3, -0.25) is 4.79 Å². The number of benzene rings is 2. The van der Waals surface area contributed by atoms with Crippen molar-refractivity contribution >= 4 is 22.9 Å². The monoisotopic (exact) mass is 445 g/mol. The highest BCUT2D eigenvalue weighted by molar-refractivity contribution is 5.94. The summed E-state index contributed by atoms with van der Waals surface area (Å²) < 4.78 is 12.2. The fourth-order valence-electron chi connectivity index (χ4n) is 3.92. The van der Waals surface area contributed by atoms with Gasteiger partial charge in [0.05, 0.1) is 19.9 Å². The summed E-state index contributed by atoms with van der Waals surface area (Å²) in [5.74, 6) is 2.18. The van der Waals surface area contributed by atoms with Crippen molar-refractivity contribution in [2.45, 2.75) is 0 Å². The number of nitrogens with zero attached hydrogens (tertiary/aromatic N) is 7. The van der Waals surface area contributed by atoms with E-state index in [2.05, 4.69) is 25.2 Å². The Bertz CT molecular complexity index is 1280. The van der Waals surface area contributed by atoms with Gasteiger partial charge in [-0.2, -0.15) is 4.68 Å². The van der Waals surface area contributed by atoms with Gasteiger partial charge in [0.1, 0.15) is 17.8 Å². The number of methoxy groups -OCH3 is 2. The lowest BCUT2D eigenvalue weighted by molar-refractivity contribution is 0.0746. The lowest BCUT2D eigenvalue weighted by atomic mass is 10.1. The maximum Gasteiger partial charge on any atom is 0.253 e. The third-order valence-electron chi connectivity index (χ3n) is 5.72. The van der Waals surface area contributed by atoms with E-state index in [1.165, 1.54) is 6.33 Å². The molecule has 0 radical (unpaired) electrons. The first-order valence-electron chi connectivity index (χ1n) is 10.6. The molecule has 0 saturated carbocycles. The van der Waals surface area contributed by atoms with Crippen molar-refractivity contribution in [3.05, 3.63) is 60.4 Å². The van der Waals surface area contributed by atoms with Crippen molar-refractivity contribution < 1.29 is 14.3 Å². The molecule has 0 spiro atoms. The number of aromatic nitrogens is 5. The molecule has 4 aromatic rings. The molecule has 10 nitrogen and oxygen atoms in total. The summed E-state index contributed by atoms with van der Waals surface area (Å²) in [6.07, 6.45) is 1.52. The van der Waals surface area contributed by atoms with Gasteiger partial charge < -0.3 is 19.3 Å². The molecule has 0 unspecified atom stereocenters. The summed E-state index contributed by atoms with van der Waals surface area (Å²) in [6.45, 7) is 2.45. The Morgan fingerprint density at radius 3 is 2.39 bits per heavy atom. The first kappa shape index (κ1) is 20.7. The summed E-state index contributed by atoms with van der Waals surface area (Å²) in [4.78, 5) is 25.7. The molecule has 1 amide bonds. The second-order valence-corrected chi connectivity index (χ2v) is 7.58. The molecule has 3 heterocycles. The van der Waals surface area contributed by atoms with E-state index in [1.807, 2.05) is 29.2 Å². The highest BCUT2D eigenvalue weighted by Crippen LogP contribution is 2.25. The second-order valence-electron chi connectivity index (χ2n) is 7.58. The van der Waals surface area contributed by atoms with Gasteiger partial charge in [-0.05, 0) is 36.4 Å². The summed E-state index contributed by atoms with van der Waals surface area (Å²) in [7, 11) is 3.23. The Kier molecular flexibility index (Phi) is 5.47. The molecule has 1 fully saturated rings. The van der Waals surface area contributed by atoms with Crippen molar-refractivity contribution in [1.29, 1.82) is 0 Å². The number of carbonyl (C=O) groups is 1. The molecule has 0 bridgehead atoms. The number of hydrogen-bond donors (Lipinski definition) is 0. The molecule has 1 saturated heterocycles. The molecule has 168 valence electrons. The van der Waals surface area contributed by atoms with E-state index >= 15 is 0 Å². The Morgan fingerprint density at radius 2 is 1.67 bits per heavy atom. The average molecular weight is 445 g/mol. The zero-order valence-corrected chi connectivity index (χ0v) is 18.4. The van der Waals surface area contributed by atoms with Gasteiger partial charge in [-0.1, -0.05) is 11.3 Å².